The Hall–Kier alpha value is -1.95. The maximum Gasteiger partial charge on any atom is 0.271 e. The third kappa shape index (κ3) is 4.80. The molecule has 0 fully saturated rings. The summed E-state index contributed by atoms with van der Waals surface area (Å²) in [6, 6.07) is 11.1. The van der Waals surface area contributed by atoms with Crippen molar-refractivity contribution in [3.63, 3.8) is 0 Å². The van der Waals surface area contributed by atoms with E-state index in [1.807, 2.05) is 24.3 Å². The van der Waals surface area contributed by atoms with E-state index >= 15 is 0 Å². The van der Waals surface area contributed by atoms with Crippen LogP contribution >= 0.6 is 15.9 Å². The summed E-state index contributed by atoms with van der Waals surface area (Å²) in [7, 11) is 0. The van der Waals surface area contributed by atoms with Crippen molar-refractivity contribution in [2.45, 2.75) is 26.2 Å². The van der Waals surface area contributed by atoms with Gasteiger partial charge in [-0.3, -0.25) is 4.79 Å². The zero-order chi connectivity index (χ0) is 15.8. The van der Waals surface area contributed by atoms with Gasteiger partial charge in [-0.15, -0.1) is 10.2 Å². The Morgan fingerprint density at radius 3 is 2.64 bits per heavy atom. The summed E-state index contributed by atoms with van der Waals surface area (Å²) in [6.07, 6.45) is 3.23. The fourth-order valence-electron chi connectivity index (χ4n) is 1.89. The smallest absolute Gasteiger partial charge is 0.271 e. The Balaban J connectivity index is 1.92. The van der Waals surface area contributed by atoms with E-state index in [0.29, 0.717) is 18.1 Å². The number of carbonyl (C=O) groups excluding carboxylic acids is 1. The molecule has 1 aromatic heterocycles. The van der Waals surface area contributed by atoms with Crippen LogP contribution in [0.25, 0.3) is 0 Å². The van der Waals surface area contributed by atoms with Gasteiger partial charge < -0.3 is 10.6 Å². The van der Waals surface area contributed by atoms with Crippen LogP contribution in [-0.4, -0.2) is 22.6 Å². The average molecular weight is 363 g/mol. The van der Waals surface area contributed by atoms with Gasteiger partial charge in [0.2, 0.25) is 0 Å². The first kappa shape index (κ1) is 16.4. The van der Waals surface area contributed by atoms with Crippen molar-refractivity contribution in [2.24, 2.45) is 0 Å². The second-order valence-corrected chi connectivity index (χ2v) is 5.73. The van der Waals surface area contributed by atoms with Gasteiger partial charge in [0.05, 0.1) is 5.69 Å². The number of nitrogens with one attached hydrogen (secondary N) is 2. The number of aromatic nitrogens is 2. The number of anilines is 2. The summed E-state index contributed by atoms with van der Waals surface area (Å²) in [6.45, 7) is 2.80. The molecule has 6 heteroatoms. The lowest BCUT2D eigenvalue weighted by Crippen LogP contribution is -2.25. The second-order valence-electron chi connectivity index (χ2n) is 4.87. The first-order valence-electron chi connectivity index (χ1n) is 7.34. The highest BCUT2D eigenvalue weighted by molar-refractivity contribution is 9.10. The SMILES string of the molecule is CCCCCNC(=O)c1ccc(Nc2ccccc2Br)nn1. The summed E-state index contributed by atoms with van der Waals surface area (Å²) < 4.78 is 0.939. The third-order valence-electron chi connectivity index (χ3n) is 3.10. The van der Waals surface area contributed by atoms with Crippen molar-refractivity contribution >= 4 is 33.3 Å². The van der Waals surface area contributed by atoms with Gasteiger partial charge in [-0.25, -0.2) is 0 Å². The van der Waals surface area contributed by atoms with Gasteiger partial charge in [0.15, 0.2) is 11.5 Å². The number of benzene rings is 1. The highest BCUT2D eigenvalue weighted by Crippen LogP contribution is 2.23. The molecule has 0 unspecified atom stereocenters. The molecular weight excluding hydrogens is 344 g/mol. The number of rotatable bonds is 7. The van der Waals surface area contributed by atoms with Gasteiger partial charge >= 0.3 is 0 Å². The Morgan fingerprint density at radius 2 is 1.95 bits per heavy atom. The monoisotopic (exact) mass is 362 g/mol. The molecule has 0 bridgehead atoms. The van der Waals surface area contributed by atoms with Gasteiger partial charge in [-0.2, -0.15) is 0 Å². The van der Waals surface area contributed by atoms with E-state index in [1.54, 1.807) is 12.1 Å². The van der Waals surface area contributed by atoms with Crippen LogP contribution in [0.5, 0.6) is 0 Å². The van der Waals surface area contributed by atoms with Crippen LogP contribution in [0.4, 0.5) is 11.5 Å². The number of amides is 1. The van der Waals surface area contributed by atoms with Crippen LogP contribution in [-0.2, 0) is 0 Å². The molecular formula is C16H19BrN4O. The Labute approximate surface area is 138 Å². The zero-order valence-corrected chi connectivity index (χ0v) is 14.1. The van der Waals surface area contributed by atoms with Crippen molar-refractivity contribution < 1.29 is 4.79 Å². The highest BCUT2D eigenvalue weighted by atomic mass is 79.9. The van der Waals surface area contributed by atoms with E-state index in [1.165, 1.54) is 0 Å². The fourth-order valence-corrected chi connectivity index (χ4v) is 2.27. The van der Waals surface area contributed by atoms with Gasteiger partial charge in [-0.1, -0.05) is 31.9 Å². The molecule has 0 saturated carbocycles. The molecule has 0 aliphatic carbocycles. The molecule has 2 rings (SSSR count). The molecule has 0 saturated heterocycles. The first-order chi connectivity index (χ1) is 10.7. The fraction of sp³-hybridized carbons (Fsp3) is 0.312. The highest BCUT2D eigenvalue weighted by Gasteiger charge is 2.08. The van der Waals surface area contributed by atoms with Crippen LogP contribution in [0, 0.1) is 0 Å². The molecule has 0 atom stereocenters. The van der Waals surface area contributed by atoms with Crippen LogP contribution in [0.15, 0.2) is 40.9 Å². The van der Waals surface area contributed by atoms with Crippen molar-refractivity contribution in [1.29, 1.82) is 0 Å². The normalized spacial score (nSPS) is 10.3. The maximum absolute atomic E-state index is 11.9. The topological polar surface area (TPSA) is 66.9 Å². The van der Waals surface area contributed by atoms with Gasteiger partial charge in [0, 0.05) is 11.0 Å². The zero-order valence-electron chi connectivity index (χ0n) is 12.5. The van der Waals surface area contributed by atoms with E-state index in [-0.39, 0.29) is 5.91 Å². The van der Waals surface area contributed by atoms with Crippen LogP contribution < -0.4 is 10.6 Å². The molecule has 2 N–H and O–H groups in total. The lowest BCUT2D eigenvalue weighted by Gasteiger charge is -2.07. The molecule has 1 amide bonds. The van der Waals surface area contributed by atoms with Crippen molar-refractivity contribution in [1.82, 2.24) is 15.5 Å². The predicted molar refractivity (Wildman–Crippen MR) is 91.3 cm³/mol. The second kappa shape index (κ2) is 8.48. The minimum absolute atomic E-state index is 0.184. The number of carbonyl (C=O) groups is 1. The predicted octanol–water partition coefficient (Wildman–Crippen LogP) is 3.90. The third-order valence-corrected chi connectivity index (χ3v) is 3.79. The summed E-state index contributed by atoms with van der Waals surface area (Å²) in [4.78, 5) is 11.9. The summed E-state index contributed by atoms with van der Waals surface area (Å²) in [5, 5.41) is 14.0. The molecule has 116 valence electrons. The van der Waals surface area contributed by atoms with E-state index in [9.17, 15) is 4.79 Å². The number of para-hydroxylation sites is 1. The lowest BCUT2D eigenvalue weighted by atomic mass is 10.2. The summed E-state index contributed by atoms with van der Waals surface area (Å²) in [5.41, 5.74) is 1.22. The van der Waals surface area contributed by atoms with E-state index < -0.39 is 0 Å². The Kier molecular flexibility index (Phi) is 6.33. The molecule has 0 spiro atoms. The molecule has 5 nitrogen and oxygen atoms in total. The molecule has 0 aliphatic heterocycles. The van der Waals surface area contributed by atoms with Crippen LogP contribution in [0.2, 0.25) is 0 Å². The number of nitrogens with zero attached hydrogens (tertiary/aromatic N) is 2. The lowest BCUT2D eigenvalue weighted by molar-refractivity contribution is 0.0947. The molecule has 22 heavy (non-hydrogen) atoms. The van der Waals surface area contributed by atoms with E-state index in [0.717, 1.165) is 29.4 Å². The molecule has 0 radical (unpaired) electrons. The van der Waals surface area contributed by atoms with Gasteiger partial charge in [-0.05, 0) is 46.6 Å². The Morgan fingerprint density at radius 1 is 1.14 bits per heavy atom. The van der Waals surface area contributed by atoms with Crippen LogP contribution in [0.3, 0.4) is 0 Å². The van der Waals surface area contributed by atoms with E-state index in [2.05, 4.69) is 43.7 Å². The van der Waals surface area contributed by atoms with Crippen LogP contribution in [0.1, 0.15) is 36.7 Å². The summed E-state index contributed by atoms with van der Waals surface area (Å²) in [5.74, 6) is 0.408. The number of hydrogen-bond acceptors (Lipinski definition) is 4. The number of hydrogen-bond donors (Lipinski definition) is 2. The van der Waals surface area contributed by atoms with Crippen molar-refractivity contribution in [3.05, 3.63) is 46.6 Å². The Bertz CT molecular complexity index is 616. The van der Waals surface area contributed by atoms with E-state index in [4.69, 9.17) is 0 Å². The minimum atomic E-state index is -0.184. The van der Waals surface area contributed by atoms with Crippen molar-refractivity contribution in [2.75, 3.05) is 11.9 Å². The minimum Gasteiger partial charge on any atom is -0.351 e. The maximum atomic E-state index is 11.9. The molecule has 0 aliphatic rings. The quantitative estimate of drug-likeness (QED) is 0.732. The summed E-state index contributed by atoms with van der Waals surface area (Å²) >= 11 is 3.46. The van der Waals surface area contributed by atoms with Gasteiger partial charge in [0.1, 0.15) is 0 Å². The average Bonchev–Trinajstić information content (AvgIpc) is 2.54. The standard InChI is InChI=1S/C16H19BrN4O/c1-2-3-6-11-18-16(22)14-9-10-15(21-20-14)19-13-8-5-4-7-12(13)17/h4-5,7-10H,2-3,6,11H2,1H3,(H,18,22)(H,19,21). The molecule has 1 aromatic carbocycles. The molecule has 1 heterocycles. The number of halogens is 1. The van der Waals surface area contributed by atoms with Crippen molar-refractivity contribution in [3.8, 4) is 0 Å². The number of unbranched alkanes of at least 4 members (excludes halogenated alkanes) is 2. The largest absolute Gasteiger partial charge is 0.351 e. The molecule has 2 aromatic rings. The van der Waals surface area contributed by atoms with Gasteiger partial charge in [0.25, 0.3) is 5.91 Å². The first-order valence-corrected chi connectivity index (χ1v) is 8.13.